The van der Waals surface area contributed by atoms with Gasteiger partial charge in [0.15, 0.2) is 0 Å². The molecule has 1 aliphatic heterocycles. The lowest BCUT2D eigenvalue weighted by molar-refractivity contribution is 0.0161. The molecule has 25 heavy (non-hydrogen) atoms. The molecule has 1 saturated heterocycles. The Hall–Kier alpha value is -1.90. The first kappa shape index (κ1) is 17.9. The van der Waals surface area contributed by atoms with Crippen molar-refractivity contribution in [2.24, 2.45) is 0 Å². The molecule has 1 unspecified atom stereocenters. The first-order valence-electron chi connectivity index (χ1n) is 8.53. The molecule has 130 valence electrons. The average Bonchev–Trinajstić information content (AvgIpc) is 2.67. The predicted molar refractivity (Wildman–Crippen MR) is 99.4 cm³/mol. The SMILES string of the molecule is N#Cc1cccc(CNCC(c2ccc(Cl)cc2)N2CCOCC2)c1. The molecule has 0 bridgehead atoms. The topological polar surface area (TPSA) is 48.3 Å². The molecular formula is C20H22ClN3O. The van der Waals surface area contributed by atoms with Gasteiger partial charge >= 0.3 is 0 Å². The normalized spacial score (nSPS) is 16.3. The zero-order valence-corrected chi connectivity index (χ0v) is 14.9. The summed E-state index contributed by atoms with van der Waals surface area (Å²) in [5, 5.41) is 13.3. The highest BCUT2D eigenvalue weighted by atomic mass is 35.5. The smallest absolute Gasteiger partial charge is 0.0991 e. The van der Waals surface area contributed by atoms with Gasteiger partial charge in [-0.25, -0.2) is 0 Å². The van der Waals surface area contributed by atoms with Crippen LogP contribution in [0.1, 0.15) is 22.7 Å². The van der Waals surface area contributed by atoms with E-state index in [2.05, 4.69) is 28.4 Å². The maximum atomic E-state index is 9.02. The van der Waals surface area contributed by atoms with Crippen molar-refractivity contribution in [3.63, 3.8) is 0 Å². The maximum absolute atomic E-state index is 9.02. The molecule has 4 nitrogen and oxygen atoms in total. The van der Waals surface area contributed by atoms with Gasteiger partial charge in [0.2, 0.25) is 0 Å². The van der Waals surface area contributed by atoms with E-state index in [1.54, 1.807) is 0 Å². The van der Waals surface area contributed by atoms with Gasteiger partial charge < -0.3 is 10.1 Å². The largest absolute Gasteiger partial charge is 0.379 e. The van der Waals surface area contributed by atoms with Gasteiger partial charge in [-0.1, -0.05) is 35.9 Å². The van der Waals surface area contributed by atoms with E-state index in [0.717, 1.165) is 50.0 Å². The minimum absolute atomic E-state index is 0.278. The van der Waals surface area contributed by atoms with Crippen molar-refractivity contribution >= 4 is 11.6 Å². The summed E-state index contributed by atoms with van der Waals surface area (Å²) in [5.74, 6) is 0. The Kier molecular flexibility index (Phi) is 6.43. The second-order valence-corrected chi connectivity index (χ2v) is 6.60. The molecule has 0 spiro atoms. The summed E-state index contributed by atoms with van der Waals surface area (Å²) >= 11 is 6.04. The van der Waals surface area contributed by atoms with E-state index in [-0.39, 0.29) is 6.04 Å². The van der Waals surface area contributed by atoms with Crippen molar-refractivity contribution in [1.29, 1.82) is 5.26 Å². The fourth-order valence-electron chi connectivity index (χ4n) is 3.14. The number of halogens is 1. The molecule has 0 radical (unpaired) electrons. The second kappa shape index (κ2) is 8.98. The maximum Gasteiger partial charge on any atom is 0.0991 e. The Morgan fingerprint density at radius 2 is 1.92 bits per heavy atom. The molecule has 1 atom stereocenters. The van der Waals surface area contributed by atoms with Crippen LogP contribution in [-0.4, -0.2) is 37.7 Å². The molecule has 3 rings (SSSR count). The predicted octanol–water partition coefficient (Wildman–Crippen LogP) is 3.37. The first-order valence-corrected chi connectivity index (χ1v) is 8.91. The van der Waals surface area contributed by atoms with Gasteiger partial charge in [-0.3, -0.25) is 4.90 Å². The van der Waals surface area contributed by atoms with E-state index in [9.17, 15) is 0 Å². The van der Waals surface area contributed by atoms with E-state index in [1.807, 2.05) is 36.4 Å². The van der Waals surface area contributed by atoms with Crippen LogP contribution < -0.4 is 5.32 Å². The third-order valence-electron chi connectivity index (χ3n) is 4.46. The highest BCUT2D eigenvalue weighted by Crippen LogP contribution is 2.23. The van der Waals surface area contributed by atoms with E-state index >= 15 is 0 Å². The summed E-state index contributed by atoms with van der Waals surface area (Å²) in [6.07, 6.45) is 0. The summed E-state index contributed by atoms with van der Waals surface area (Å²) in [6.45, 7) is 4.97. The van der Waals surface area contributed by atoms with Crippen molar-refractivity contribution in [3.8, 4) is 6.07 Å². The summed E-state index contributed by atoms with van der Waals surface area (Å²) in [5.41, 5.74) is 3.07. The zero-order valence-electron chi connectivity index (χ0n) is 14.1. The van der Waals surface area contributed by atoms with E-state index in [0.29, 0.717) is 5.56 Å². The average molecular weight is 356 g/mol. The number of rotatable bonds is 6. The fourth-order valence-corrected chi connectivity index (χ4v) is 3.26. The Morgan fingerprint density at radius 1 is 1.16 bits per heavy atom. The van der Waals surface area contributed by atoms with Gasteiger partial charge in [-0.2, -0.15) is 5.26 Å². The Labute approximate surface area is 154 Å². The summed E-state index contributed by atoms with van der Waals surface area (Å²) in [7, 11) is 0. The van der Waals surface area contributed by atoms with Crippen LogP contribution in [0.3, 0.4) is 0 Å². The van der Waals surface area contributed by atoms with Gasteiger partial charge in [-0.05, 0) is 35.4 Å². The lowest BCUT2D eigenvalue weighted by Gasteiger charge is -2.35. The van der Waals surface area contributed by atoms with Gasteiger partial charge in [0, 0.05) is 37.2 Å². The molecule has 0 aromatic heterocycles. The highest BCUT2D eigenvalue weighted by molar-refractivity contribution is 6.30. The van der Waals surface area contributed by atoms with Crippen molar-refractivity contribution in [2.75, 3.05) is 32.8 Å². The molecule has 2 aromatic rings. The lowest BCUT2D eigenvalue weighted by atomic mass is 10.0. The lowest BCUT2D eigenvalue weighted by Crippen LogP contribution is -2.42. The summed E-state index contributed by atoms with van der Waals surface area (Å²) in [4.78, 5) is 2.45. The van der Waals surface area contributed by atoms with Gasteiger partial charge in [0.05, 0.1) is 24.8 Å². The highest BCUT2D eigenvalue weighted by Gasteiger charge is 2.22. The van der Waals surface area contributed by atoms with Crippen molar-refractivity contribution < 1.29 is 4.74 Å². The number of hydrogen-bond acceptors (Lipinski definition) is 4. The number of nitrogens with zero attached hydrogens (tertiary/aromatic N) is 2. The van der Waals surface area contributed by atoms with Crippen LogP contribution in [0.25, 0.3) is 0 Å². The summed E-state index contributed by atoms with van der Waals surface area (Å²) in [6, 6.07) is 18.3. The Bertz CT molecular complexity index is 720. The van der Waals surface area contributed by atoms with Crippen LogP contribution in [0.5, 0.6) is 0 Å². The standard InChI is InChI=1S/C20H22ClN3O/c21-19-6-4-18(5-7-19)20(24-8-10-25-11-9-24)15-23-14-17-3-1-2-16(12-17)13-22/h1-7,12,20,23H,8-11,14-15H2. The number of benzene rings is 2. The van der Waals surface area contributed by atoms with Crippen molar-refractivity contribution in [3.05, 3.63) is 70.2 Å². The Balaban J connectivity index is 1.66. The molecule has 1 heterocycles. The molecule has 0 amide bonds. The van der Waals surface area contributed by atoms with Gasteiger partial charge in [-0.15, -0.1) is 0 Å². The van der Waals surface area contributed by atoms with Crippen LogP contribution in [0.15, 0.2) is 48.5 Å². The van der Waals surface area contributed by atoms with Crippen molar-refractivity contribution in [2.45, 2.75) is 12.6 Å². The third-order valence-corrected chi connectivity index (χ3v) is 4.72. The number of morpholine rings is 1. The molecular weight excluding hydrogens is 334 g/mol. The number of nitrogens with one attached hydrogen (secondary N) is 1. The van der Waals surface area contributed by atoms with Crippen LogP contribution in [-0.2, 0) is 11.3 Å². The molecule has 0 aliphatic carbocycles. The quantitative estimate of drug-likeness (QED) is 0.863. The minimum atomic E-state index is 0.278. The molecule has 1 aliphatic rings. The van der Waals surface area contributed by atoms with E-state index < -0.39 is 0 Å². The molecule has 0 saturated carbocycles. The molecule has 5 heteroatoms. The Morgan fingerprint density at radius 3 is 2.64 bits per heavy atom. The van der Waals surface area contributed by atoms with Crippen LogP contribution in [0.2, 0.25) is 5.02 Å². The number of hydrogen-bond donors (Lipinski definition) is 1. The van der Waals surface area contributed by atoms with E-state index in [4.69, 9.17) is 21.6 Å². The van der Waals surface area contributed by atoms with Crippen LogP contribution in [0.4, 0.5) is 0 Å². The second-order valence-electron chi connectivity index (χ2n) is 6.16. The van der Waals surface area contributed by atoms with Crippen molar-refractivity contribution in [1.82, 2.24) is 10.2 Å². The zero-order chi connectivity index (χ0) is 17.5. The van der Waals surface area contributed by atoms with Crippen LogP contribution >= 0.6 is 11.6 Å². The summed E-state index contributed by atoms with van der Waals surface area (Å²) < 4.78 is 5.49. The minimum Gasteiger partial charge on any atom is -0.379 e. The number of ether oxygens (including phenoxy) is 1. The van der Waals surface area contributed by atoms with Gasteiger partial charge in [0.25, 0.3) is 0 Å². The third kappa shape index (κ3) is 5.04. The fraction of sp³-hybridized carbons (Fsp3) is 0.350. The van der Waals surface area contributed by atoms with E-state index in [1.165, 1.54) is 5.56 Å². The number of nitriles is 1. The van der Waals surface area contributed by atoms with Crippen LogP contribution in [0, 0.1) is 11.3 Å². The molecule has 1 fully saturated rings. The molecule has 2 aromatic carbocycles. The molecule has 1 N–H and O–H groups in total. The first-order chi connectivity index (χ1) is 12.3. The monoisotopic (exact) mass is 355 g/mol. The van der Waals surface area contributed by atoms with Gasteiger partial charge in [0.1, 0.15) is 0 Å².